The Balaban J connectivity index is 3.95. The normalized spacial score (nSPS) is 10.4. The van der Waals surface area contributed by atoms with Gasteiger partial charge in [-0.3, -0.25) is 14.5 Å². The second-order valence-electron chi connectivity index (χ2n) is 4.09. The Morgan fingerprint density at radius 1 is 1.06 bits per heavy atom. The summed E-state index contributed by atoms with van der Waals surface area (Å²) in [6, 6.07) is 0. The van der Waals surface area contributed by atoms with Crippen molar-refractivity contribution in [1.29, 1.82) is 0 Å². The van der Waals surface area contributed by atoms with Gasteiger partial charge in [0.05, 0.1) is 13.1 Å². The van der Waals surface area contributed by atoms with E-state index >= 15 is 0 Å². The van der Waals surface area contributed by atoms with Gasteiger partial charge in [0, 0.05) is 19.6 Å². The third-order valence-electron chi connectivity index (χ3n) is 2.51. The lowest BCUT2D eigenvalue weighted by atomic mass is 10.4. The molecule has 0 aliphatic heterocycles. The van der Waals surface area contributed by atoms with Crippen LogP contribution in [0, 0.1) is 0 Å². The largest absolute Gasteiger partial charge is 0.355 e. The fraction of sp³-hybridized carbons (Fsp3) is 0.833. The number of hydrogen-bond donors (Lipinski definition) is 1. The van der Waals surface area contributed by atoms with Gasteiger partial charge in [-0.1, -0.05) is 6.92 Å². The molecule has 0 atom stereocenters. The number of hydrogen-bond acceptors (Lipinski definition) is 3. The van der Waals surface area contributed by atoms with E-state index in [1.807, 2.05) is 20.8 Å². The SMILES string of the molecule is CCCNC(=O)CN(C)CC(=O)N(CC)CC. The van der Waals surface area contributed by atoms with Crippen molar-refractivity contribution in [2.45, 2.75) is 27.2 Å². The molecule has 0 fully saturated rings. The van der Waals surface area contributed by atoms with Gasteiger partial charge >= 0.3 is 0 Å². The summed E-state index contributed by atoms with van der Waals surface area (Å²) in [4.78, 5) is 26.7. The fourth-order valence-corrected chi connectivity index (χ4v) is 1.53. The molecule has 0 aromatic carbocycles. The second kappa shape index (κ2) is 8.98. The van der Waals surface area contributed by atoms with E-state index in [4.69, 9.17) is 0 Å². The molecule has 0 aromatic heterocycles. The molecule has 17 heavy (non-hydrogen) atoms. The van der Waals surface area contributed by atoms with Crippen molar-refractivity contribution in [3.8, 4) is 0 Å². The smallest absolute Gasteiger partial charge is 0.236 e. The zero-order chi connectivity index (χ0) is 13.3. The quantitative estimate of drug-likeness (QED) is 0.667. The van der Waals surface area contributed by atoms with Crippen molar-refractivity contribution in [2.75, 3.05) is 39.8 Å². The average Bonchev–Trinajstić information content (AvgIpc) is 2.27. The van der Waals surface area contributed by atoms with Gasteiger partial charge in [0.1, 0.15) is 0 Å². The van der Waals surface area contributed by atoms with Crippen LogP contribution in [0.4, 0.5) is 0 Å². The zero-order valence-electron chi connectivity index (χ0n) is 11.5. The van der Waals surface area contributed by atoms with Gasteiger partial charge in [-0.25, -0.2) is 0 Å². The van der Waals surface area contributed by atoms with Gasteiger partial charge < -0.3 is 10.2 Å². The number of carbonyl (C=O) groups excluding carboxylic acids is 2. The van der Waals surface area contributed by atoms with Crippen LogP contribution in [-0.4, -0.2) is 61.4 Å². The summed E-state index contributed by atoms with van der Waals surface area (Å²) in [5.74, 6) is 0.0440. The Morgan fingerprint density at radius 2 is 1.65 bits per heavy atom. The van der Waals surface area contributed by atoms with Crippen LogP contribution in [0.3, 0.4) is 0 Å². The summed E-state index contributed by atoms with van der Waals surface area (Å²) in [5, 5.41) is 2.79. The summed E-state index contributed by atoms with van der Waals surface area (Å²) in [5.41, 5.74) is 0. The van der Waals surface area contributed by atoms with E-state index in [0.29, 0.717) is 26.2 Å². The molecular formula is C12H25N3O2. The van der Waals surface area contributed by atoms with Gasteiger partial charge in [0.15, 0.2) is 0 Å². The lowest BCUT2D eigenvalue weighted by Gasteiger charge is -2.22. The lowest BCUT2D eigenvalue weighted by Crippen LogP contribution is -2.42. The van der Waals surface area contributed by atoms with Gasteiger partial charge in [-0.15, -0.1) is 0 Å². The maximum absolute atomic E-state index is 11.8. The minimum absolute atomic E-state index is 0.0262. The number of rotatable bonds is 8. The molecule has 0 radical (unpaired) electrons. The van der Waals surface area contributed by atoms with Crippen molar-refractivity contribution in [3.05, 3.63) is 0 Å². The highest BCUT2D eigenvalue weighted by Crippen LogP contribution is 1.92. The van der Waals surface area contributed by atoms with Crippen molar-refractivity contribution in [1.82, 2.24) is 15.1 Å². The maximum Gasteiger partial charge on any atom is 0.236 e. The molecule has 0 saturated carbocycles. The van der Waals surface area contributed by atoms with Crippen LogP contribution in [-0.2, 0) is 9.59 Å². The predicted octanol–water partition coefficient (Wildman–Crippen LogP) is 0.313. The van der Waals surface area contributed by atoms with E-state index in [1.165, 1.54) is 0 Å². The first kappa shape index (κ1) is 15.9. The summed E-state index contributed by atoms with van der Waals surface area (Å²) in [6.45, 7) is 8.60. The number of carbonyl (C=O) groups is 2. The second-order valence-corrected chi connectivity index (χ2v) is 4.09. The zero-order valence-corrected chi connectivity index (χ0v) is 11.5. The Labute approximate surface area is 104 Å². The molecule has 0 unspecified atom stereocenters. The first-order valence-electron chi connectivity index (χ1n) is 6.28. The van der Waals surface area contributed by atoms with Crippen molar-refractivity contribution < 1.29 is 9.59 Å². The van der Waals surface area contributed by atoms with Crippen molar-refractivity contribution in [2.24, 2.45) is 0 Å². The monoisotopic (exact) mass is 243 g/mol. The summed E-state index contributed by atoms with van der Waals surface area (Å²) in [7, 11) is 1.78. The molecule has 0 spiro atoms. The molecule has 0 aliphatic carbocycles. The highest BCUT2D eigenvalue weighted by molar-refractivity contribution is 5.81. The molecule has 0 heterocycles. The molecule has 100 valence electrons. The highest BCUT2D eigenvalue weighted by atomic mass is 16.2. The minimum Gasteiger partial charge on any atom is -0.355 e. The first-order valence-corrected chi connectivity index (χ1v) is 6.28. The van der Waals surface area contributed by atoms with Crippen LogP contribution in [0.25, 0.3) is 0 Å². The van der Waals surface area contributed by atoms with Gasteiger partial charge in [0.25, 0.3) is 0 Å². The van der Waals surface area contributed by atoms with Crippen LogP contribution < -0.4 is 5.32 Å². The third-order valence-corrected chi connectivity index (χ3v) is 2.51. The average molecular weight is 243 g/mol. The minimum atomic E-state index is -0.0262. The van der Waals surface area contributed by atoms with E-state index < -0.39 is 0 Å². The molecule has 0 aromatic rings. The Bertz CT molecular complexity index is 240. The van der Waals surface area contributed by atoms with Crippen LogP contribution in [0.15, 0.2) is 0 Å². The van der Waals surface area contributed by atoms with Crippen LogP contribution in [0.1, 0.15) is 27.2 Å². The summed E-state index contributed by atoms with van der Waals surface area (Å²) in [6.07, 6.45) is 0.924. The van der Waals surface area contributed by atoms with Crippen molar-refractivity contribution >= 4 is 11.8 Å². The molecule has 0 aliphatic rings. The Morgan fingerprint density at radius 3 is 2.12 bits per heavy atom. The topological polar surface area (TPSA) is 52.7 Å². The Hall–Kier alpha value is -1.10. The maximum atomic E-state index is 11.8. The van der Waals surface area contributed by atoms with Crippen molar-refractivity contribution in [3.63, 3.8) is 0 Å². The van der Waals surface area contributed by atoms with E-state index in [9.17, 15) is 9.59 Å². The first-order chi connectivity index (χ1) is 8.04. The standard InChI is InChI=1S/C12H25N3O2/c1-5-8-13-11(16)9-14(4)10-12(17)15(6-2)7-3/h5-10H2,1-4H3,(H,13,16). The third kappa shape index (κ3) is 6.94. The molecule has 5 heteroatoms. The number of nitrogens with zero attached hydrogens (tertiary/aromatic N) is 2. The van der Waals surface area contributed by atoms with Crippen LogP contribution >= 0.6 is 0 Å². The summed E-state index contributed by atoms with van der Waals surface area (Å²) >= 11 is 0. The molecular weight excluding hydrogens is 218 g/mol. The fourth-order valence-electron chi connectivity index (χ4n) is 1.53. The number of nitrogens with one attached hydrogen (secondary N) is 1. The molecule has 2 amide bonds. The lowest BCUT2D eigenvalue weighted by molar-refractivity contribution is -0.132. The predicted molar refractivity (Wildman–Crippen MR) is 68.7 cm³/mol. The van der Waals surface area contributed by atoms with Gasteiger partial charge in [0.2, 0.25) is 11.8 Å². The molecule has 1 N–H and O–H groups in total. The number of amides is 2. The van der Waals surface area contributed by atoms with E-state index in [0.717, 1.165) is 6.42 Å². The molecule has 0 saturated heterocycles. The highest BCUT2D eigenvalue weighted by Gasteiger charge is 2.14. The van der Waals surface area contributed by atoms with Gasteiger partial charge in [-0.2, -0.15) is 0 Å². The molecule has 0 rings (SSSR count). The number of likely N-dealkylation sites (N-methyl/N-ethyl adjacent to an activating group) is 2. The molecule has 5 nitrogen and oxygen atoms in total. The van der Waals surface area contributed by atoms with Crippen LogP contribution in [0.2, 0.25) is 0 Å². The van der Waals surface area contributed by atoms with Gasteiger partial charge in [-0.05, 0) is 27.3 Å². The Kier molecular flexibility index (Phi) is 8.40. The van der Waals surface area contributed by atoms with E-state index in [2.05, 4.69) is 5.32 Å². The summed E-state index contributed by atoms with van der Waals surface area (Å²) < 4.78 is 0. The van der Waals surface area contributed by atoms with E-state index in [1.54, 1.807) is 16.8 Å². The van der Waals surface area contributed by atoms with Crippen LogP contribution in [0.5, 0.6) is 0 Å². The van der Waals surface area contributed by atoms with E-state index in [-0.39, 0.29) is 18.4 Å². The molecule has 0 bridgehead atoms.